The second-order valence-corrected chi connectivity index (χ2v) is 9.19. The molecule has 2 aliphatic heterocycles. The quantitative estimate of drug-likeness (QED) is 0.821. The highest BCUT2D eigenvalue weighted by Crippen LogP contribution is 2.37. The first-order valence-corrected chi connectivity index (χ1v) is 11.2. The number of likely N-dealkylation sites (N-methyl/N-ethyl adjacent to an activating group) is 1. The normalized spacial score (nSPS) is 25.7. The van der Waals surface area contributed by atoms with Crippen molar-refractivity contribution in [3.05, 3.63) is 35.6 Å². The molecule has 3 aliphatic rings. The number of halogens is 1. The molecule has 7 heteroatoms. The summed E-state index contributed by atoms with van der Waals surface area (Å²) < 4.78 is 13.4. The van der Waals surface area contributed by atoms with E-state index in [-0.39, 0.29) is 23.8 Å². The number of piperidine rings is 1. The summed E-state index contributed by atoms with van der Waals surface area (Å²) in [5.41, 5.74) is 1.02. The van der Waals surface area contributed by atoms with Gasteiger partial charge in [-0.3, -0.25) is 4.79 Å². The largest absolute Gasteiger partial charge is 0.340 e. The molecule has 2 saturated heterocycles. The number of carbonyl (C=O) groups is 2. The summed E-state index contributed by atoms with van der Waals surface area (Å²) in [4.78, 5) is 31.2. The van der Waals surface area contributed by atoms with Gasteiger partial charge in [0.2, 0.25) is 5.91 Å². The monoisotopic (exact) mass is 416 g/mol. The van der Waals surface area contributed by atoms with Gasteiger partial charge in [0, 0.05) is 51.7 Å². The van der Waals surface area contributed by atoms with E-state index in [9.17, 15) is 14.0 Å². The molecule has 1 aromatic rings. The van der Waals surface area contributed by atoms with Crippen LogP contribution in [0.3, 0.4) is 0 Å². The highest BCUT2D eigenvalue weighted by atomic mass is 19.1. The van der Waals surface area contributed by atoms with Crippen LogP contribution in [0.1, 0.15) is 43.6 Å². The number of rotatable bonds is 4. The van der Waals surface area contributed by atoms with Crippen LogP contribution >= 0.6 is 0 Å². The van der Waals surface area contributed by atoms with Gasteiger partial charge in [0.1, 0.15) is 5.82 Å². The zero-order valence-electron chi connectivity index (χ0n) is 17.9. The predicted molar refractivity (Wildman–Crippen MR) is 114 cm³/mol. The Morgan fingerprint density at radius 1 is 1.03 bits per heavy atom. The van der Waals surface area contributed by atoms with Crippen molar-refractivity contribution < 1.29 is 14.0 Å². The van der Waals surface area contributed by atoms with Gasteiger partial charge in [-0.05, 0) is 62.3 Å². The molecule has 30 heavy (non-hydrogen) atoms. The van der Waals surface area contributed by atoms with Gasteiger partial charge in [-0.2, -0.15) is 0 Å². The summed E-state index contributed by atoms with van der Waals surface area (Å²) in [6.07, 6.45) is 4.13. The first-order chi connectivity index (χ1) is 14.5. The summed E-state index contributed by atoms with van der Waals surface area (Å²) in [7, 11) is 2.09. The van der Waals surface area contributed by atoms with Crippen molar-refractivity contribution in [3.8, 4) is 0 Å². The number of piperazine rings is 1. The third kappa shape index (κ3) is 5.12. The number of hydrogen-bond donors (Lipinski definition) is 1. The highest BCUT2D eigenvalue weighted by molar-refractivity contribution is 5.77. The lowest BCUT2D eigenvalue weighted by Gasteiger charge is -2.39. The Morgan fingerprint density at radius 2 is 1.73 bits per heavy atom. The molecule has 3 amide bonds. The number of nitrogens with one attached hydrogen (secondary N) is 1. The topological polar surface area (TPSA) is 55.9 Å². The summed E-state index contributed by atoms with van der Waals surface area (Å²) in [6, 6.07) is 6.93. The molecule has 0 radical (unpaired) electrons. The molecule has 6 nitrogen and oxygen atoms in total. The minimum absolute atomic E-state index is 0.00142. The van der Waals surface area contributed by atoms with Crippen LogP contribution in [0.2, 0.25) is 0 Å². The molecular formula is C23H33FN4O2. The Hall–Kier alpha value is -2.15. The van der Waals surface area contributed by atoms with E-state index in [1.54, 1.807) is 12.1 Å². The van der Waals surface area contributed by atoms with E-state index in [4.69, 9.17) is 0 Å². The summed E-state index contributed by atoms with van der Waals surface area (Å²) in [5, 5.41) is 3.13. The van der Waals surface area contributed by atoms with E-state index in [1.807, 2.05) is 15.9 Å². The van der Waals surface area contributed by atoms with E-state index in [2.05, 4.69) is 17.3 Å². The molecule has 0 bridgehead atoms. The van der Waals surface area contributed by atoms with Gasteiger partial charge in [-0.15, -0.1) is 0 Å². The first-order valence-electron chi connectivity index (χ1n) is 11.2. The SMILES string of the molecule is CN1CCN(C(=O)CC2CCN(C(=O)NC3CC(c4cccc(F)c4)C3)CC2)CC1. The Kier molecular flexibility index (Phi) is 6.56. The third-order valence-electron chi connectivity index (χ3n) is 7.01. The number of amides is 3. The fraction of sp³-hybridized carbons (Fsp3) is 0.652. The number of carbonyl (C=O) groups excluding carboxylic acids is 2. The smallest absolute Gasteiger partial charge is 0.317 e. The summed E-state index contributed by atoms with van der Waals surface area (Å²) in [6.45, 7) is 4.99. The first kappa shape index (κ1) is 21.1. The van der Waals surface area contributed by atoms with Gasteiger partial charge in [-0.1, -0.05) is 12.1 Å². The van der Waals surface area contributed by atoms with Crippen molar-refractivity contribution in [3.63, 3.8) is 0 Å². The van der Waals surface area contributed by atoms with Crippen LogP contribution in [0.25, 0.3) is 0 Å². The minimum atomic E-state index is -0.200. The lowest BCUT2D eigenvalue weighted by molar-refractivity contribution is -0.134. The van der Waals surface area contributed by atoms with Gasteiger partial charge < -0.3 is 20.0 Å². The molecule has 0 spiro atoms. The molecule has 0 unspecified atom stereocenters. The number of likely N-dealkylation sites (tertiary alicyclic amines) is 1. The van der Waals surface area contributed by atoms with Crippen LogP contribution in [0, 0.1) is 11.7 Å². The zero-order chi connectivity index (χ0) is 21.1. The van der Waals surface area contributed by atoms with Crippen LogP contribution in [0.15, 0.2) is 24.3 Å². The summed E-state index contributed by atoms with van der Waals surface area (Å²) in [5.74, 6) is 0.775. The van der Waals surface area contributed by atoms with E-state index in [0.29, 0.717) is 31.3 Å². The van der Waals surface area contributed by atoms with Crippen LogP contribution in [0.4, 0.5) is 9.18 Å². The maximum Gasteiger partial charge on any atom is 0.317 e. The van der Waals surface area contributed by atoms with Crippen LogP contribution in [-0.4, -0.2) is 79.0 Å². The van der Waals surface area contributed by atoms with Gasteiger partial charge in [0.05, 0.1) is 0 Å². The molecule has 1 aromatic carbocycles. The van der Waals surface area contributed by atoms with E-state index < -0.39 is 0 Å². The molecule has 1 saturated carbocycles. The van der Waals surface area contributed by atoms with Crippen LogP contribution in [0.5, 0.6) is 0 Å². The molecule has 0 atom stereocenters. The van der Waals surface area contributed by atoms with Crippen molar-refractivity contribution in [1.29, 1.82) is 0 Å². The van der Waals surface area contributed by atoms with Crippen molar-refractivity contribution in [2.75, 3.05) is 46.3 Å². The maximum atomic E-state index is 13.4. The average molecular weight is 417 g/mol. The van der Waals surface area contributed by atoms with E-state index >= 15 is 0 Å². The van der Waals surface area contributed by atoms with E-state index in [1.165, 1.54) is 6.07 Å². The lowest BCUT2D eigenvalue weighted by atomic mass is 9.76. The Bertz CT molecular complexity index is 751. The molecule has 4 rings (SSSR count). The zero-order valence-corrected chi connectivity index (χ0v) is 17.9. The van der Waals surface area contributed by atoms with Crippen molar-refractivity contribution >= 4 is 11.9 Å². The molecule has 1 aliphatic carbocycles. The van der Waals surface area contributed by atoms with E-state index in [0.717, 1.165) is 57.4 Å². The second-order valence-electron chi connectivity index (χ2n) is 9.19. The maximum absolute atomic E-state index is 13.4. The number of benzene rings is 1. The molecule has 1 N–H and O–H groups in total. The second kappa shape index (κ2) is 9.33. The van der Waals surface area contributed by atoms with Crippen LogP contribution in [-0.2, 0) is 4.79 Å². The highest BCUT2D eigenvalue weighted by Gasteiger charge is 2.33. The van der Waals surface area contributed by atoms with Crippen LogP contribution < -0.4 is 5.32 Å². The molecular weight excluding hydrogens is 383 g/mol. The van der Waals surface area contributed by atoms with Gasteiger partial charge in [0.25, 0.3) is 0 Å². The van der Waals surface area contributed by atoms with Crippen molar-refractivity contribution in [2.24, 2.45) is 5.92 Å². The van der Waals surface area contributed by atoms with Gasteiger partial charge in [-0.25, -0.2) is 9.18 Å². The Labute approximate surface area is 178 Å². The Morgan fingerprint density at radius 3 is 2.40 bits per heavy atom. The Balaban J connectivity index is 1.15. The number of hydrogen-bond acceptors (Lipinski definition) is 3. The lowest BCUT2D eigenvalue weighted by Crippen LogP contribution is -2.51. The fourth-order valence-corrected chi connectivity index (χ4v) is 4.81. The van der Waals surface area contributed by atoms with Gasteiger partial charge >= 0.3 is 6.03 Å². The van der Waals surface area contributed by atoms with Gasteiger partial charge in [0.15, 0.2) is 0 Å². The van der Waals surface area contributed by atoms with Crippen molar-refractivity contribution in [1.82, 2.24) is 20.0 Å². The molecule has 0 aromatic heterocycles. The third-order valence-corrected chi connectivity index (χ3v) is 7.01. The fourth-order valence-electron chi connectivity index (χ4n) is 4.81. The molecule has 3 fully saturated rings. The standard InChI is InChI=1S/C23H33FN4O2/c1-26-9-11-27(12-10-26)22(29)13-17-5-7-28(8-6-17)23(30)25-21-15-19(16-21)18-3-2-4-20(24)14-18/h2-4,14,17,19,21H,5-13,15-16H2,1H3,(H,25,30). The summed E-state index contributed by atoms with van der Waals surface area (Å²) >= 11 is 0. The number of nitrogens with zero attached hydrogens (tertiary/aromatic N) is 3. The molecule has 2 heterocycles. The molecule has 164 valence electrons. The number of urea groups is 1. The predicted octanol–water partition coefficient (Wildman–Crippen LogP) is 2.66. The minimum Gasteiger partial charge on any atom is -0.340 e. The average Bonchev–Trinajstić information content (AvgIpc) is 2.71. The van der Waals surface area contributed by atoms with Crippen molar-refractivity contribution in [2.45, 2.75) is 44.1 Å².